The number of nitrogens with zero attached hydrogens (tertiary/aromatic N) is 1. The lowest BCUT2D eigenvalue weighted by molar-refractivity contribution is 0.0468. The lowest BCUT2D eigenvalue weighted by atomic mass is 10.2. The molecule has 1 aromatic heterocycles. The number of carbonyl (C=O) groups is 1. The van der Waals surface area contributed by atoms with E-state index in [0.717, 1.165) is 20.8 Å². The first-order chi connectivity index (χ1) is 12.6. The Kier molecular flexibility index (Phi) is 5.90. The van der Waals surface area contributed by atoms with Gasteiger partial charge in [0, 0.05) is 9.85 Å². The minimum Gasteiger partial charge on any atom is -0.497 e. The van der Waals surface area contributed by atoms with Gasteiger partial charge in [-0.1, -0.05) is 22.0 Å². The third-order valence-corrected chi connectivity index (χ3v) is 5.02. The van der Waals surface area contributed by atoms with E-state index in [0.29, 0.717) is 17.0 Å². The molecule has 0 aliphatic rings. The van der Waals surface area contributed by atoms with E-state index in [-0.39, 0.29) is 6.61 Å². The van der Waals surface area contributed by atoms with Gasteiger partial charge in [0.1, 0.15) is 23.1 Å². The molecule has 134 valence electrons. The Morgan fingerprint density at radius 2 is 2.00 bits per heavy atom. The molecule has 26 heavy (non-hydrogen) atoms. The summed E-state index contributed by atoms with van der Waals surface area (Å²) in [5.74, 6) is 0.929. The van der Waals surface area contributed by atoms with Crippen LogP contribution in [0.3, 0.4) is 0 Å². The zero-order chi connectivity index (χ0) is 18.5. The summed E-state index contributed by atoms with van der Waals surface area (Å²) in [5.41, 5.74) is 2.01. The van der Waals surface area contributed by atoms with Gasteiger partial charge in [-0.25, -0.2) is 9.78 Å². The molecule has 0 N–H and O–H groups in total. The van der Waals surface area contributed by atoms with Crippen LogP contribution in [0, 0.1) is 0 Å². The highest BCUT2D eigenvalue weighted by atomic mass is 79.9. The van der Waals surface area contributed by atoms with Crippen molar-refractivity contribution in [1.82, 2.24) is 4.98 Å². The molecule has 3 rings (SSSR count). The van der Waals surface area contributed by atoms with Crippen molar-refractivity contribution in [2.45, 2.75) is 6.61 Å². The van der Waals surface area contributed by atoms with E-state index in [2.05, 4.69) is 20.9 Å². The second-order valence-corrected chi connectivity index (χ2v) is 7.07. The van der Waals surface area contributed by atoms with E-state index in [4.69, 9.17) is 14.2 Å². The fourth-order valence-electron chi connectivity index (χ4n) is 2.32. The Morgan fingerprint density at radius 3 is 2.77 bits per heavy atom. The van der Waals surface area contributed by atoms with Crippen molar-refractivity contribution in [2.24, 2.45) is 0 Å². The minimum absolute atomic E-state index is 0.100. The highest BCUT2D eigenvalue weighted by molar-refractivity contribution is 9.10. The molecule has 7 heteroatoms. The van der Waals surface area contributed by atoms with Crippen LogP contribution in [0.2, 0.25) is 0 Å². The number of ether oxygens (including phenoxy) is 3. The molecule has 1 heterocycles. The number of rotatable bonds is 6. The number of hydrogen-bond donors (Lipinski definition) is 0. The van der Waals surface area contributed by atoms with Crippen molar-refractivity contribution in [2.75, 3.05) is 14.2 Å². The molecule has 0 aliphatic carbocycles. The summed E-state index contributed by atoms with van der Waals surface area (Å²) in [6, 6.07) is 12.6. The minimum atomic E-state index is -0.418. The summed E-state index contributed by atoms with van der Waals surface area (Å²) in [7, 11) is 3.18. The molecule has 0 fully saturated rings. The fourth-order valence-corrected chi connectivity index (χ4v) is 3.50. The van der Waals surface area contributed by atoms with Gasteiger partial charge in [-0.05, 0) is 36.4 Å². The first kappa shape index (κ1) is 18.4. The fraction of sp³-hybridized carbons (Fsp3) is 0.158. The first-order valence-corrected chi connectivity index (χ1v) is 9.37. The normalized spacial score (nSPS) is 10.4. The maximum absolute atomic E-state index is 12.2. The molecule has 0 amide bonds. The summed E-state index contributed by atoms with van der Waals surface area (Å²) in [4.78, 5) is 16.7. The quantitative estimate of drug-likeness (QED) is 0.514. The molecular weight excluding hydrogens is 418 g/mol. The molecule has 0 radical (unpaired) electrons. The molecule has 2 aromatic carbocycles. The van der Waals surface area contributed by atoms with Gasteiger partial charge >= 0.3 is 5.97 Å². The predicted molar refractivity (Wildman–Crippen MR) is 104 cm³/mol. The van der Waals surface area contributed by atoms with E-state index >= 15 is 0 Å². The predicted octanol–water partition coefficient (Wildman–Crippen LogP) is 4.95. The Labute approximate surface area is 163 Å². The highest BCUT2D eigenvalue weighted by Crippen LogP contribution is 2.34. The number of carbonyl (C=O) groups excluding carboxylic acids is 1. The monoisotopic (exact) mass is 433 g/mol. The average molecular weight is 434 g/mol. The molecule has 0 aliphatic heterocycles. The van der Waals surface area contributed by atoms with Gasteiger partial charge in [-0.15, -0.1) is 11.3 Å². The number of thiazole rings is 1. The molecule has 0 spiro atoms. The van der Waals surface area contributed by atoms with Crippen molar-refractivity contribution in [1.29, 1.82) is 0 Å². The van der Waals surface area contributed by atoms with E-state index in [1.165, 1.54) is 11.3 Å². The number of benzene rings is 2. The lowest BCUT2D eigenvalue weighted by Gasteiger charge is -2.06. The third-order valence-electron chi connectivity index (χ3n) is 3.60. The number of aromatic nitrogens is 1. The summed E-state index contributed by atoms with van der Waals surface area (Å²) in [6.45, 7) is 0.100. The Hall–Kier alpha value is -2.38. The van der Waals surface area contributed by atoms with Crippen LogP contribution in [-0.4, -0.2) is 25.2 Å². The van der Waals surface area contributed by atoms with Crippen LogP contribution in [-0.2, 0) is 11.3 Å². The van der Waals surface area contributed by atoms with E-state index in [9.17, 15) is 4.79 Å². The maximum atomic E-state index is 12.2. The van der Waals surface area contributed by atoms with Crippen molar-refractivity contribution in [3.8, 4) is 22.1 Å². The number of methoxy groups -OCH3 is 2. The van der Waals surface area contributed by atoms with Gasteiger partial charge in [0.25, 0.3) is 0 Å². The molecule has 0 bridgehead atoms. The number of halogens is 1. The van der Waals surface area contributed by atoms with E-state index in [1.54, 1.807) is 38.5 Å². The standard InChI is InChI=1S/C19H16BrNO4S/c1-23-15-5-3-4-12(8-15)19(22)25-10-14-11-26-18(21-14)16-9-13(20)6-7-17(16)24-2/h3-9,11H,10H2,1-2H3. The van der Waals surface area contributed by atoms with Gasteiger partial charge in [-0.3, -0.25) is 0 Å². The molecular formula is C19H16BrNO4S. The third kappa shape index (κ3) is 4.23. The summed E-state index contributed by atoms with van der Waals surface area (Å²) in [6.07, 6.45) is 0. The lowest BCUT2D eigenvalue weighted by Crippen LogP contribution is -2.05. The highest BCUT2D eigenvalue weighted by Gasteiger charge is 2.13. The Morgan fingerprint density at radius 1 is 1.15 bits per heavy atom. The number of esters is 1. The van der Waals surface area contributed by atoms with Gasteiger partial charge in [-0.2, -0.15) is 0 Å². The van der Waals surface area contributed by atoms with Crippen LogP contribution >= 0.6 is 27.3 Å². The molecule has 0 atom stereocenters. The summed E-state index contributed by atoms with van der Waals surface area (Å²) >= 11 is 4.93. The van der Waals surface area contributed by atoms with Crippen molar-refractivity contribution in [3.05, 3.63) is 63.6 Å². The van der Waals surface area contributed by atoms with Crippen LogP contribution in [0.4, 0.5) is 0 Å². The van der Waals surface area contributed by atoms with Crippen LogP contribution in [0.25, 0.3) is 10.6 Å². The Bertz CT molecular complexity index is 925. The van der Waals surface area contributed by atoms with Crippen LogP contribution in [0.5, 0.6) is 11.5 Å². The second-order valence-electron chi connectivity index (χ2n) is 5.30. The van der Waals surface area contributed by atoms with Crippen LogP contribution in [0.15, 0.2) is 52.3 Å². The van der Waals surface area contributed by atoms with Crippen molar-refractivity contribution in [3.63, 3.8) is 0 Å². The molecule has 0 unspecified atom stereocenters. The van der Waals surface area contributed by atoms with Crippen LogP contribution < -0.4 is 9.47 Å². The zero-order valence-corrected chi connectivity index (χ0v) is 16.6. The van der Waals surface area contributed by atoms with E-state index < -0.39 is 5.97 Å². The number of hydrogen-bond acceptors (Lipinski definition) is 6. The molecule has 3 aromatic rings. The maximum Gasteiger partial charge on any atom is 0.338 e. The van der Waals surface area contributed by atoms with E-state index in [1.807, 2.05) is 23.6 Å². The molecule has 5 nitrogen and oxygen atoms in total. The van der Waals surface area contributed by atoms with Gasteiger partial charge < -0.3 is 14.2 Å². The summed E-state index contributed by atoms with van der Waals surface area (Å²) in [5, 5.41) is 2.67. The van der Waals surface area contributed by atoms with Gasteiger partial charge in [0.05, 0.1) is 31.0 Å². The van der Waals surface area contributed by atoms with Crippen LogP contribution in [0.1, 0.15) is 16.1 Å². The van der Waals surface area contributed by atoms with Crippen molar-refractivity contribution < 1.29 is 19.0 Å². The molecule has 0 saturated heterocycles. The SMILES string of the molecule is COc1cccc(C(=O)OCc2csc(-c3cc(Br)ccc3OC)n2)c1. The zero-order valence-electron chi connectivity index (χ0n) is 14.2. The molecule has 0 saturated carbocycles. The van der Waals surface area contributed by atoms with Crippen molar-refractivity contribution >= 4 is 33.2 Å². The smallest absolute Gasteiger partial charge is 0.338 e. The average Bonchev–Trinajstić information content (AvgIpc) is 3.15. The topological polar surface area (TPSA) is 57.7 Å². The van der Waals surface area contributed by atoms with Gasteiger partial charge in [0.2, 0.25) is 0 Å². The second kappa shape index (κ2) is 8.33. The summed E-state index contributed by atoms with van der Waals surface area (Å²) < 4.78 is 16.8. The van der Waals surface area contributed by atoms with Gasteiger partial charge in [0.15, 0.2) is 0 Å². The largest absolute Gasteiger partial charge is 0.497 e. The first-order valence-electron chi connectivity index (χ1n) is 7.70. The Balaban J connectivity index is 1.71.